The molecule has 0 bridgehead atoms. The third-order valence-electron chi connectivity index (χ3n) is 0.989. The summed E-state index contributed by atoms with van der Waals surface area (Å²) in [7, 11) is 0. The van der Waals surface area contributed by atoms with Gasteiger partial charge in [-0.15, -0.1) is 0 Å². The van der Waals surface area contributed by atoms with Crippen LogP contribution >= 0.6 is 0 Å². The van der Waals surface area contributed by atoms with Crippen molar-refractivity contribution in [2.75, 3.05) is 6.54 Å². The quantitative estimate of drug-likeness (QED) is 0.478. The van der Waals surface area contributed by atoms with Gasteiger partial charge in [0.2, 0.25) is 11.8 Å². The lowest BCUT2D eigenvalue weighted by atomic mass is 10.5. The van der Waals surface area contributed by atoms with Crippen LogP contribution in [0.1, 0.15) is 13.8 Å². The number of amides is 2. The summed E-state index contributed by atoms with van der Waals surface area (Å²) < 4.78 is 0. The number of nitriles is 1. The molecule has 0 rings (SSSR count). The SMILES string of the molecule is CC(=O)N(CC#N)C(C)=O. The number of hydrogen-bond acceptors (Lipinski definition) is 3. The van der Waals surface area contributed by atoms with Crippen LogP contribution in [0.5, 0.6) is 0 Å². The Bertz CT molecular complexity index is 178. The highest BCUT2D eigenvalue weighted by molar-refractivity contribution is 5.93. The number of carbonyl (C=O) groups excluding carboxylic acids is 2. The zero-order chi connectivity index (χ0) is 8.15. The third-order valence-corrected chi connectivity index (χ3v) is 0.989. The molecule has 0 aromatic carbocycles. The molecule has 2 amide bonds. The molecular formula is C6H8N2O2. The highest BCUT2D eigenvalue weighted by Crippen LogP contribution is 1.87. The van der Waals surface area contributed by atoms with E-state index in [-0.39, 0.29) is 6.54 Å². The van der Waals surface area contributed by atoms with Crippen LogP contribution in [0.2, 0.25) is 0 Å². The minimum atomic E-state index is -0.394. The summed E-state index contributed by atoms with van der Waals surface area (Å²) in [5.41, 5.74) is 0. The molecule has 4 heteroatoms. The summed E-state index contributed by atoms with van der Waals surface area (Å²) in [4.78, 5) is 21.9. The standard InChI is InChI=1S/C6H8N2O2/c1-5(9)8(4-3-7)6(2)10/h4H2,1-2H3. The van der Waals surface area contributed by atoms with E-state index in [4.69, 9.17) is 5.26 Å². The van der Waals surface area contributed by atoms with Gasteiger partial charge < -0.3 is 0 Å². The number of rotatable bonds is 1. The van der Waals surface area contributed by atoms with Crippen molar-refractivity contribution in [3.8, 4) is 6.07 Å². The highest BCUT2D eigenvalue weighted by Gasteiger charge is 2.11. The van der Waals surface area contributed by atoms with Crippen molar-refractivity contribution in [1.82, 2.24) is 4.90 Å². The van der Waals surface area contributed by atoms with Gasteiger partial charge in [-0.25, -0.2) is 0 Å². The Labute approximate surface area is 59.0 Å². The van der Waals surface area contributed by atoms with Crippen LogP contribution in [0.15, 0.2) is 0 Å². The van der Waals surface area contributed by atoms with Crippen LogP contribution in [0, 0.1) is 11.3 Å². The van der Waals surface area contributed by atoms with Gasteiger partial charge in [0, 0.05) is 13.8 Å². The van der Waals surface area contributed by atoms with Crippen molar-refractivity contribution in [2.45, 2.75) is 13.8 Å². The average molecular weight is 140 g/mol. The van der Waals surface area contributed by atoms with Crippen molar-refractivity contribution in [3.05, 3.63) is 0 Å². The molecule has 0 aromatic heterocycles. The van der Waals surface area contributed by atoms with Crippen LogP contribution in [-0.2, 0) is 9.59 Å². The Morgan fingerprint density at radius 3 is 1.90 bits per heavy atom. The summed E-state index contributed by atoms with van der Waals surface area (Å²) in [6.07, 6.45) is 0. The van der Waals surface area contributed by atoms with Gasteiger partial charge in [-0.05, 0) is 0 Å². The summed E-state index contributed by atoms with van der Waals surface area (Å²) in [6.45, 7) is 2.34. The molecule has 0 saturated carbocycles. The first-order valence-corrected chi connectivity index (χ1v) is 2.75. The van der Waals surface area contributed by atoms with Crippen molar-refractivity contribution >= 4 is 11.8 Å². The van der Waals surface area contributed by atoms with Gasteiger partial charge in [0.05, 0.1) is 6.07 Å². The predicted octanol–water partition coefficient (Wildman–Crippen LogP) is -0.0950. The molecule has 0 saturated heterocycles. The number of hydrogen-bond donors (Lipinski definition) is 0. The third kappa shape index (κ3) is 2.27. The Morgan fingerprint density at radius 2 is 1.80 bits per heavy atom. The molecule has 0 fully saturated rings. The maximum Gasteiger partial charge on any atom is 0.226 e. The van der Waals surface area contributed by atoms with E-state index >= 15 is 0 Å². The molecule has 0 radical (unpaired) electrons. The van der Waals surface area contributed by atoms with Crippen molar-refractivity contribution in [2.24, 2.45) is 0 Å². The first kappa shape index (κ1) is 8.63. The molecule has 0 atom stereocenters. The van der Waals surface area contributed by atoms with E-state index in [1.165, 1.54) is 13.8 Å². The molecule has 0 aliphatic carbocycles. The van der Waals surface area contributed by atoms with E-state index in [0.717, 1.165) is 4.90 Å². The zero-order valence-corrected chi connectivity index (χ0v) is 5.92. The average Bonchev–Trinajstić information content (AvgIpc) is 1.81. The summed E-state index contributed by atoms with van der Waals surface area (Å²) in [5, 5.41) is 8.14. The van der Waals surface area contributed by atoms with Crippen LogP contribution in [0.4, 0.5) is 0 Å². The maximum atomic E-state index is 10.5. The highest BCUT2D eigenvalue weighted by atomic mass is 16.2. The van der Waals surface area contributed by atoms with E-state index in [0.29, 0.717) is 0 Å². The fourth-order valence-corrected chi connectivity index (χ4v) is 0.515. The minimum absolute atomic E-state index is 0.162. The fourth-order valence-electron chi connectivity index (χ4n) is 0.515. The molecule has 4 nitrogen and oxygen atoms in total. The van der Waals surface area contributed by atoms with E-state index in [1.807, 2.05) is 0 Å². The van der Waals surface area contributed by atoms with E-state index in [1.54, 1.807) is 6.07 Å². The molecule has 0 aromatic rings. The van der Waals surface area contributed by atoms with Gasteiger partial charge in [-0.2, -0.15) is 5.26 Å². The van der Waals surface area contributed by atoms with Gasteiger partial charge >= 0.3 is 0 Å². The van der Waals surface area contributed by atoms with Gasteiger partial charge in [-0.1, -0.05) is 0 Å². The molecular weight excluding hydrogens is 132 g/mol. The van der Waals surface area contributed by atoms with Crippen LogP contribution < -0.4 is 0 Å². The van der Waals surface area contributed by atoms with Gasteiger partial charge in [-0.3, -0.25) is 14.5 Å². The maximum absolute atomic E-state index is 10.5. The minimum Gasteiger partial charge on any atom is -0.275 e. The zero-order valence-electron chi connectivity index (χ0n) is 5.92. The van der Waals surface area contributed by atoms with Crippen molar-refractivity contribution in [1.29, 1.82) is 5.26 Å². The first-order valence-electron chi connectivity index (χ1n) is 2.75. The summed E-state index contributed by atoms with van der Waals surface area (Å²) >= 11 is 0. The summed E-state index contributed by atoms with van der Waals surface area (Å²) in [6, 6.07) is 1.71. The molecule has 0 N–H and O–H groups in total. The Morgan fingerprint density at radius 1 is 1.40 bits per heavy atom. The monoisotopic (exact) mass is 140 g/mol. The molecule has 0 unspecified atom stereocenters. The van der Waals surface area contributed by atoms with Crippen LogP contribution in [-0.4, -0.2) is 23.3 Å². The second kappa shape index (κ2) is 3.62. The second-order valence-electron chi connectivity index (χ2n) is 1.78. The Balaban J connectivity index is 4.15. The molecule has 0 aliphatic heterocycles. The predicted molar refractivity (Wildman–Crippen MR) is 33.7 cm³/mol. The van der Waals surface area contributed by atoms with Crippen molar-refractivity contribution < 1.29 is 9.59 Å². The lowest BCUT2D eigenvalue weighted by Gasteiger charge is -2.11. The van der Waals surface area contributed by atoms with E-state index in [2.05, 4.69) is 0 Å². The van der Waals surface area contributed by atoms with Gasteiger partial charge in [0.25, 0.3) is 0 Å². The topological polar surface area (TPSA) is 61.2 Å². The second-order valence-corrected chi connectivity index (χ2v) is 1.78. The van der Waals surface area contributed by atoms with Gasteiger partial charge in [0.1, 0.15) is 6.54 Å². The molecule has 0 spiro atoms. The lowest BCUT2D eigenvalue weighted by Crippen LogP contribution is -2.33. The van der Waals surface area contributed by atoms with Crippen LogP contribution in [0.25, 0.3) is 0 Å². The fraction of sp³-hybridized carbons (Fsp3) is 0.500. The summed E-state index contributed by atoms with van der Waals surface area (Å²) in [5.74, 6) is -0.789. The normalized spacial score (nSPS) is 8.10. The van der Waals surface area contributed by atoms with Crippen LogP contribution in [0.3, 0.4) is 0 Å². The first-order chi connectivity index (χ1) is 4.59. The molecule has 0 heterocycles. The Hall–Kier alpha value is -1.37. The smallest absolute Gasteiger partial charge is 0.226 e. The number of imide groups is 1. The Kier molecular flexibility index (Phi) is 3.12. The number of nitrogens with zero attached hydrogens (tertiary/aromatic N) is 2. The number of carbonyl (C=O) groups is 2. The van der Waals surface area contributed by atoms with Gasteiger partial charge in [0.15, 0.2) is 0 Å². The molecule has 54 valence electrons. The largest absolute Gasteiger partial charge is 0.275 e. The molecule has 10 heavy (non-hydrogen) atoms. The van der Waals surface area contributed by atoms with Crippen molar-refractivity contribution in [3.63, 3.8) is 0 Å². The van der Waals surface area contributed by atoms with E-state index in [9.17, 15) is 9.59 Å². The molecule has 0 aliphatic rings. The van der Waals surface area contributed by atoms with E-state index < -0.39 is 11.8 Å². The lowest BCUT2D eigenvalue weighted by molar-refractivity contribution is -0.141.